The first-order valence-corrected chi connectivity index (χ1v) is 9.77. The van der Waals surface area contributed by atoms with E-state index in [9.17, 15) is 4.79 Å². The van der Waals surface area contributed by atoms with Gasteiger partial charge in [-0.15, -0.1) is 0 Å². The Morgan fingerprint density at radius 2 is 1.00 bits per heavy atom. The maximum Gasteiger partial charge on any atom is 0.354 e. The summed E-state index contributed by atoms with van der Waals surface area (Å²) in [5.41, 5.74) is 3.23. The average Bonchev–Trinajstić information content (AvgIpc) is 2.82. The Bertz CT molecular complexity index is 940. The Kier molecular flexibility index (Phi) is 10.8. The number of aromatic nitrogens is 4. The molecule has 7 nitrogen and oxygen atoms in total. The molecule has 32 heavy (non-hydrogen) atoms. The van der Waals surface area contributed by atoms with Crippen LogP contribution in [0.5, 0.6) is 0 Å². The summed E-state index contributed by atoms with van der Waals surface area (Å²) in [6.45, 7) is 2.32. The fourth-order valence-corrected chi connectivity index (χ4v) is 2.82. The number of rotatable bonds is 7. The minimum absolute atomic E-state index is 0. The van der Waals surface area contributed by atoms with Crippen LogP contribution in [-0.4, -0.2) is 35.9 Å². The standard InChI is InChI=1S/C18H18N4.C6H5NO2.Os/c1-4-10-19-16(7-1)13-22(14-17-8-2-5-11-20-17)15-18-9-3-6-12-21-18;8-6(9)5-3-1-2-4-7-5;/h1-12H,13-15H2;1-4H,(H,8,9);. The number of hydrogen-bond acceptors (Lipinski definition) is 6. The number of pyridine rings is 4. The molecule has 0 saturated carbocycles. The molecule has 0 atom stereocenters. The summed E-state index contributed by atoms with van der Waals surface area (Å²) in [6, 6.07) is 22.7. The van der Waals surface area contributed by atoms with Crippen LogP contribution in [0.25, 0.3) is 0 Å². The van der Waals surface area contributed by atoms with E-state index in [4.69, 9.17) is 5.11 Å². The molecule has 4 heterocycles. The molecule has 0 aliphatic carbocycles. The van der Waals surface area contributed by atoms with Crippen molar-refractivity contribution in [3.05, 3.63) is 120 Å². The van der Waals surface area contributed by atoms with Crippen molar-refractivity contribution >= 4 is 5.97 Å². The summed E-state index contributed by atoms with van der Waals surface area (Å²) >= 11 is 0. The zero-order valence-electron chi connectivity index (χ0n) is 17.3. The minimum atomic E-state index is -0.990. The van der Waals surface area contributed by atoms with Crippen molar-refractivity contribution in [2.24, 2.45) is 0 Å². The Balaban J connectivity index is 0.000000307. The molecule has 0 unspecified atom stereocenters. The topological polar surface area (TPSA) is 92.1 Å². The van der Waals surface area contributed by atoms with Crippen LogP contribution in [0.1, 0.15) is 27.6 Å². The van der Waals surface area contributed by atoms with Gasteiger partial charge in [0.15, 0.2) is 0 Å². The summed E-state index contributed by atoms with van der Waals surface area (Å²) in [6.07, 6.45) is 6.93. The van der Waals surface area contributed by atoms with E-state index in [0.717, 1.165) is 36.7 Å². The number of nitrogens with zero attached hydrogens (tertiary/aromatic N) is 5. The third kappa shape index (κ3) is 8.81. The zero-order valence-corrected chi connectivity index (χ0v) is 19.8. The third-order valence-electron chi connectivity index (χ3n) is 4.22. The predicted molar refractivity (Wildman–Crippen MR) is 117 cm³/mol. The van der Waals surface area contributed by atoms with Crippen molar-refractivity contribution in [3.63, 3.8) is 0 Å². The molecule has 0 aromatic carbocycles. The number of hydrogen-bond donors (Lipinski definition) is 1. The van der Waals surface area contributed by atoms with Gasteiger partial charge in [0.1, 0.15) is 5.69 Å². The summed E-state index contributed by atoms with van der Waals surface area (Å²) in [7, 11) is 0. The van der Waals surface area contributed by atoms with Crippen molar-refractivity contribution in [1.29, 1.82) is 0 Å². The Hall–Kier alpha value is -3.33. The number of carboxylic acids is 1. The van der Waals surface area contributed by atoms with Crippen LogP contribution in [0.3, 0.4) is 0 Å². The van der Waals surface area contributed by atoms with Crippen LogP contribution in [-0.2, 0) is 39.4 Å². The van der Waals surface area contributed by atoms with Gasteiger partial charge in [0.25, 0.3) is 0 Å². The van der Waals surface area contributed by atoms with Gasteiger partial charge in [0.05, 0.1) is 17.1 Å². The van der Waals surface area contributed by atoms with Gasteiger partial charge in [0, 0.05) is 64.2 Å². The monoisotopic (exact) mass is 605 g/mol. The molecule has 8 heteroatoms. The van der Waals surface area contributed by atoms with Crippen LogP contribution < -0.4 is 0 Å². The number of carbonyl (C=O) groups is 1. The normalized spacial score (nSPS) is 9.91. The molecule has 0 radical (unpaired) electrons. The molecule has 0 spiro atoms. The van der Waals surface area contributed by atoms with Crippen molar-refractivity contribution in [2.45, 2.75) is 19.6 Å². The molecule has 0 aliphatic rings. The zero-order chi connectivity index (χ0) is 21.7. The second-order valence-corrected chi connectivity index (χ2v) is 6.63. The van der Waals surface area contributed by atoms with Crippen LogP contribution >= 0.6 is 0 Å². The van der Waals surface area contributed by atoms with E-state index < -0.39 is 5.97 Å². The van der Waals surface area contributed by atoms with Crippen molar-refractivity contribution in [3.8, 4) is 0 Å². The quantitative estimate of drug-likeness (QED) is 0.343. The van der Waals surface area contributed by atoms with E-state index in [1.54, 1.807) is 12.1 Å². The molecular formula is C24H23N5O2Os. The molecule has 4 rings (SSSR count). The number of carboxylic acid groups (broad SMARTS) is 1. The third-order valence-corrected chi connectivity index (χ3v) is 4.22. The molecule has 0 amide bonds. The fourth-order valence-electron chi connectivity index (χ4n) is 2.82. The summed E-state index contributed by atoms with van der Waals surface area (Å²) < 4.78 is 0. The Labute approximate surface area is 200 Å². The van der Waals surface area contributed by atoms with Crippen molar-refractivity contribution < 1.29 is 29.7 Å². The number of aromatic carboxylic acids is 1. The fraction of sp³-hybridized carbons (Fsp3) is 0.125. The SMILES string of the molecule is O=C(O)c1ccccn1.[Os].c1ccc(CN(Cc2ccccn2)Cc2ccccn2)nc1. The van der Waals surface area contributed by atoms with Gasteiger partial charge in [-0.25, -0.2) is 9.78 Å². The maximum atomic E-state index is 10.1. The molecule has 0 saturated heterocycles. The van der Waals surface area contributed by atoms with E-state index >= 15 is 0 Å². The van der Waals surface area contributed by atoms with Gasteiger partial charge < -0.3 is 5.11 Å². The van der Waals surface area contributed by atoms with Crippen molar-refractivity contribution in [2.75, 3.05) is 0 Å². The first-order chi connectivity index (χ1) is 15.2. The second kappa shape index (κ2) is 13.9. The van der Waals surface area contributed by atoms with E-state index in [-0.39, 0.29) is 25.5 Å². The van der Waals surface area contributed by atoms with Gasteiger partial charge in [-0.05, 0) is 48.5 Å². The van der Waals surface area contributed by atoms with E-state index in [0.29, 0.717) is 0 Å². The Morgan fingerprint density at radius 3 is 1.25 bits per heavy atom. The van der Waals surface area contributed by atoms with Gasteiger partial charge in [-0.2, -0.15) is 0 Å². The molecule has 4 aromatic rings. The molecular weight excluding hydrogens is 581 g/mol. The average molecular weight is 604 g/mol. The maximum absolute atomic E-state index is 10.1. The van der Waals surface area contributed by atoms with Gasteiger partial charge in [0.2, 0.25) is 0 Å². The van der Waals surface area contributed by atoms with E-state index in [1.807, 2.05) is 73.2 Å². The largest absolute Gasteiger partial charge is 0.477 e. The van der Waals surface area contributed by atoms with Gasteiger partial charge in [-0.1, -0.05) is 24.3 Å². The molecule has 4 aromatic heterocycles. The van der Waals surface area contributed by atoms with Crippen LogP contribution in [0.15, 0.2) is 97.6 Å². The van der Waals surface area contributed by atoms with E-state index in [1.165, 1.54) is 12.3 Å². The molecule has 164 valence electrons. The first-order valence-electron chi connectivity index (χ1n) is 9.77. The van der Waals surface area contributed by atoms with Crippen molar-refractivity contribution in [1.82, 2.24) is 24.8 Å². The second-order valence-electron chi connectivity index (χ2n) is 6.63. The van der Waals surface area contributed by atoms with Crippen LogP contribution in [0.2, 0.25) is 0 Å². The van der Waals surface area contributed by atoms with Crippen LogP contribution in [0, 0.1) is 0 Å². The Morgan fingerprint density at radius 1 is 0.625 bits per heavy atom. The minimum Gasteiger partial charge on any atom is -0.477 e. The molecule has 0 fully saturated rings. The van der Waals surface area contributed by atoms with Crippen LogP contribution in [0.4, 0.5) is 0 Å². The smallest absolute Gasteiger partial charge is 0.354 e. The summed E-state index contributed by atoms with van der Waals surface area (Å²) in [5, 5.41) is 8.32. The van der Waals surface area contributed by atoms with Gasteiger partial charge >= 0.3 is 5.97 Å². The van der Waals surface area contributed by atoms with E-state index in [2.05, 4.69) is 24.8 Å². The summed E-state index contributed by atoms with van der Waals surface area (Å²) in [4.78, 5) is 29.3. The molecule has 0 bridgehead atoms. The predicted octanol–water partition coefficient (Wildman–Crippen LogP) is 3.85. The van der Waals surface area contributed by atoms with Gasteiger partial charge in [-0.3, -0.25) is 19.9 Å². The molecule has 1 N–H and O–H groups in total. The summed E-state index contributed by atoms with van der Waals surface area (Å²) in [5.74, 6) is -0.990. The molecule has 0 aliphatic heterocycles. The first kappa shape index (κ1) is 24.9.